The van der Waals surface area contributed by atoms with Gasteiger partial charge in [0.25, 0.3) is 0 Å². The second-order valence-electron chi connectivity index (χ2n) is 4.63. The Morgan fingerprint density at radius 1 is 1.45 bits per heavy atom. The molecule has 1 heteroatoms. The first-order valence-electron chi connectivity index (χ1n) is 4.70. The summed E-state index contributed by atoms with van der Waals surface area (Å²) in [6, 6.07) is 0. The van der Waals surface area contributed by atoms with Gasteiger partial charge in [0, 0.05) is 6.54 Å². The summed E-state index contributed by atoms with van der Waals surface area (Å²) < 4.78 is 0. The van der Waals surface area contributed by atoms with Crippen molar-refractivity contribution in [2.24, 2.45) is 23.2 Å². The molecule has 0 unspecified atom stereocenters. The van der Waals surface area contributed by atoms with Crippen molar-refractivity contribution >= 4 is 0 Å². The molecule has 2 bridgehead atoms. The van der Waals surface area contributed by atoms with Crippen LogP contribution in [0.5, 0.6) is 0 Å². The van der Waals surface area contributed by atoms with E-state index in [2.05, 4.69) is 24.4 Å². The number of allylic oxidation sites excluding steroid dienone is 2. The Balaban J connectivity index is 2.06. The minimum Gasteiger partial charge on any atom is -0.316 e. The summed E-state index contributed by atoms with van der Waals surface area (Å²) in [5.41, 5.74) is 0.624. The van der Waals surface area contributed by atoms with Crippen molar-refractivity contribution in [3.8, 4) is 0 Å². The minimum absolute atomic E-state index is 0.624. The van der Waals surface area contributed by atoms with Gasteiger partial charge in [0.2, 0.25) is 0 Å². The Morgan fingerprint density at radius 2 is 2.36 bits per heavy atom. The Morgan fingerprint density at radius 3 is 3.18 bits per heavy atom. The van der Waals surface area contributed by atoms with Crippen LogP contribution in [0.1, 0.15) is 13.3 Å². The summed E-state index contributed by atoms with van der Waals surface area (Å²) in [6.45, 7) is 4.98. The van der Waals surface area contributed by atoms with Crippen LogP contribution in [0.2, 0.25) is 0 Å². The van der Waals surface area contributed by atoms with E-state index < -0.39 is 0 Å². The number of nitrogens with one attached hydrogen (secondary N) is 1. The highest BCUT2D eigenvalue weighted by Gasteiger charge is 2.54. The van der Waals surface area contributed by atoms with Crippen molar-refractivity contribution in [3.05, 3.63) is 12.2 Å². The van der Waals surface area contributed by atoms with Crippen molar-refractivity contribution in [3.63, 3.8) is 0 Å². The van der Waals surface area contributed by atoms with E-state index in [0.717, 1.165) is 17.8 Å². The normalized spacial score (nSPS) is 58.8. The zero-order valence-electron chi connectivity index (χ0n) is 7.01. The van der Waals surface area contributed by atoms with Gasteiger partial charge in [-0.05, 0) is 36.1 Å². The molecule has 3 aliphatic rings. The van der Waals surface area contributed by atoms with Crippen LogP contribution >= 0.6 is 0 Å². The molecule has 0 aromatic carbocycles. The second-order valence-corrected chi connectivity index (χ2v) is 4.63. The maximum Gasteiger partial charge on any atom is 0.00143 e. The molecule has 1 aliphatic heterocycles. The minimum atomic E-state index is 0.624. The molecule has 2 fully saturated rings. The number of fused-ring (bicyclic) bond motifs is 5. The number of hydrogen-bond donors (Lipinski definition) is 1. The maximum absolute atomic E-state index is 3.53. The lowest BCUT2D eigenvalue weighted by Crippen LogP contribution is -2.30. The van der Waals surface area contributed by atoms with E-state index >= 15 is 0 Å². The molecule has 11 heavy (non-hydrogen) atoms. The smallest absolute Gasteiger partial charge is 0.00143 e. The van der Waals surface area contributed by atoms with E-state index in [9.17, 15) is 0 Å². The Bertz CT molecular complexity index is 221. The van der Waals surface area contributed by atoms with E-state index in [1.807, 2.05) is 0 Å². The monoisotopic (exact) mass is 149 g/mol. The highest BCUT2D eigenvalue weighted by Crippen LogP contribution is 2.57. The third-order valence-electron chi connectivity index (χ3n) is 4.20. The SMILES string of the molecule is C[C@@]12CNC[C@@H]1[C@H]1C=C[C@H]2C1. The van der Waals surface area contributed by atoms with E-state index in [1.165, 1.54) is 19.5 Å². The largest absolute Gasteiger partial charge is 0.316 e. The maximum atomic E-state index is 3.53. The molecule has 0 spiro atoms. The average molecular weight is 149 g/mol. The van der Waals surface area contributed by atoms with Crippen LogP contribution in [0.3, 0.4) is 0 Å². The summed E-state index contributed by atoms with van der Waals surface area (Å²) in [7, 11) is 0. The Kier molecular flexibility index (Phi) is 0.972. The molecule has 3 rings (SSSR count). The summed E-state index contributed by atoms with van der Waals surface area (Å²) >= 11 is 0. The lowest BCUT2D eigenvalue weighted by Gasteiger charge is -2.31. The fourth-order valence-corrected chi connectivity index (χ4v) is 3.42. The van der Waals surface area contributed by atoms with Gasteiger partial charge >= 0.3 is 0 Å². The van der Waals surface area contributed by atoms with E-state index in [1.54, 1.807) is 0 Å². The molecule has 1 saturated carbocycles. The zero-order chi connectivity index (χ0) is 7.47. The van der Waals surface area contributed by atoms with Crippen molar-refractivity contribution in [1.82, 2.24) is 5.32 Å². The summed E-state index contributed by atoms with van der Waals surface area (Å²) in [5, 5.41) is 3.53. The molecule has 4 atom stereocenters. The van der Waals surface area contributed by atoms with E-state index in [-0.39, 0.29) is 0 Å². The van der Waals surface area contributed by atoms with Crippen molar-refractivity contribution < 1.29 is 0 Å². The molecule has 0 radical (unpaired) electrons. The molecule has 1 nitrogen and oxygen atoms in total. The predicted molar refractivity (Wildman–Crippen MR) is 45.2 cm³/mol. The van der Waals surface area contributed by atoms with Gasteiger partial charge in [0.1, 0.15) is 0 Å². The first-order chi connectivity index (χ1) is 5.31. The molecular formula is C10H15N. The highest BCUT2D eigenvalue weighted by atomic mass is 15.0. The third kappa shape index (κ3) is 0.572. The molecule has 0 aromatic heterocycles. The van der Waals surface area contributed by atoms with Gasteiger partial charge in [-0.15, -0.1) is 0 Å². The van der Waals surface area contributed by atoms with Crippen molar-refractivity contribution in [2.45, 2.75) is 13.3 Å². The van der Waals surface area contributed by atoms with Gasteiger partial charge in [-0.2, -0.15) is 0 Å². The molecule has 2 aliphatic carbocycles. The molecular weight excluding hydrogens is 134 g/mol. The average Bonchev–Trinajstić information content (AvgIpc) is 2.54. The van der Waals surface area contributed by atoms with Crippen LogP contribution in [0.25, 0.3) is 0 Å². The summed E-state index contributed by atoms with van der Waals surface area (Å²) in [5.74, 6) is 2.77. The molecule has 1 heterocycles. The summed E-state index contributed by atoms with van der Waals surface area (Å²) in [4.78, 5) is 0. The van der Waals surface area contributed by atoms with Gasteiger partial charge in [0.05, 0.1) is 0 Å². The topological polar surface area (TPSA) is 12.0 Å². The first-order valence-corrected chi connectivity index (χ1v) is 4.70. The standard InChI is InChI=1S/C10H15N/c1-10-6-11-5-9(10)7-2-3-8(10)4-7/h2-3,7-9,11H,4-6H2,1H3/t7-,8-,9+,10-/m0/s1. The highest BCUT2D eigenvalue weighted by molar-refractivity contribution is 5.20. The number of rotatable bonds is 0. The van der Waals surface area contributed by atoms with Gasteiger partial charge in [-0.3, -0.25) is 0 Å². The Hall–Kier alpha value is -0.300. The van der Waals surface area contributed by atoms with Crippen LogP contribution in [-0.4, -0.2) is 13.1 Å². The molecule has 0 amide bonds. The fraction of sp³-hybridized carbons (Fsp3) is 0.800. The zero-order valence-corrected chi connectivity index (χ0v) is 7.01. The van der Waals surface area contributed by atoms with Crippen molar-refractivity contribution in [2.75, 3.05) is 13.1 Å². The first kappa shape index (κ1) is 6.24. The molecule has 60 valence electrons. The molecule has 1 saturated heterocycles. The Labute approximate surface area is 67.9 Å². The van der Waals surface area contributed by atoms with Crippen LogP contribution in [0.15, 0.2) is 12.2 Å². The van der Waals surface area contributed by atoms with Gasteiger partial charge in [-0.1, -0.05) is 19.1 Å². The van der Waals surface area contributed by atoms with Gasteiger partial charge in [0.15, 0.2) is 0 Å². The van der Waals surface area contributed by atoms with E-state index in [4.69, 9.17) is 0 Å². The third-order valence-corrected chi connectivity index (χ3v) is 4.20. The van der Waals surface area contributed by atoms with Crippen LogP contribution in [-0.2, 0) is 0 Å². The van der Waals surface area contributed by atoms with Gasteiger partial charge in [-0.25, -0.2) is 0 Å². The van der Waals surface area contributed by atoms with Crippen LogP contribution in [0.4, 0.5) is 0 Å². The van der Waals surface area contributed by atoms with Crippen LogP contribution in [0, 0.1) is 23.2 Å². The lowest BCUT2D eigenvalue weighted by atomic mass is 9.72. The summed E-state index contributed by atoms with van der Waals surface area (Å²) in [6.07, 6.45) is 6.35. The number of hydrogen-bond acceptors (Lipinski definition) is 1. The quantitative estimate of drug-likeness (QED) is 0.514. The van der Waals surface area contributed by atoms with Crippen molar-refractivity contribution in [1.29, 1.82) is 0 Å². The van der Waals surface area contributed by atoms with Gasteiger partial charge < -0.3 is 5.32 Å². The fourth-order valence-electron chi connectivity index (χ4n) is 3.42. The van der Waals surface area contributed by atoms with E-state index in [0.29, 0.717) is 5.41 Å². The molecule has 0 aromatic rings. The predicted octanol–water partition coefficient (Wildman–Crippen LogP) is 1.42. The van der Waals surface area contributed by atoms with Crippen LogP contribution < -0.4 is 5.32 Å². The second kappa shape index (κ2) is 1.71. The lowest BCUT2D eigenvalue weighted by molar-refractivity contribution is 0.232. The molecule has 1 N–H and O–H groups in total.